The normalized spacial score (nSPS) is 21.1. The number of ether oxygens (including phenoxy) is 1. The minimum Gasteiger partial charge on any atom is -0.494 e. The van der Waals surface area contributed by atoms with Crippen molar-refractivity contribution >= 4 is 46.6 Å². The topological polar surface area (TPSA) is 188 Å². The van der Waals surface area contributed by atoms with Crippen LogP contribution in [0.25, 0.3) is 5.69 Å². The van der Waals surface area contributed by atoms with E-state index in [4.69, 9.17) is 4.74 Å². The molecule has 8 rings (SSSR count). The predicted octanol–water partition coefficient (Wildman–Crippen LogP) is 4.77. The summed E-state index contributed by atoms with van der Waals surface area (Å²) in [5.74, 6) is -2.15. The average Bonchev–Trinajstić information content (AvgIpc) is 4.07. The maximum absolute atomic E-state index is 15.5. The molecule has 0 radical (unpaired) electrons. The van der Waals surface area contributed by atoms with Crippen LogP contribution in [0, 0.1) is 11.7 Å². The monoisotopic (exact) mass is 901 g/mol. The molecule has 3 N–H and O–H groups in total. The Balaban J connectivity index is 0.815. The van der Waals surface area contributed by atoms with E-state index in [1.54, 1.807) is 6.07 Å². The number of piperazine rings is 1. The summed E-state index contributed by atoms with van der Waals surface area (Å²) in [4.78, 5) is 63.0. The van der Waals surface area contributed by atoms with Gasteiger partial charge >= 0.3 is 12.2 Å². The Hall–Kier alpha value is -6.46. The number of nitrogens with one attached hydrogen (secondary N) is 3. The number of nitrogens with zero attached hydrogens (tertiary/aromatic N) is 10. The highest BCUT2D eigenvalue weighted by Crippen LogP contribution is 2.39. The molecule has 6 heterocycles. The fourth-order valence-corrected chi connectivity index (χ4v) is 8.75. The molecule has 3 saturated heterocycles. The van der Waals surface area contributed by atoms with Crippen molar-refractivity contribution in [1.29, 1.82) is 0 Å². The van der Waals surface area contributed by atoms with Crippen molar-refractivity contribution in [3.05, 3.63) is 60.1 Å². The van der Waals surface area contributed by atoms with Crippen LogP contribution in [-0.2, 0) is 9.59 Å². The number of benzene rings is 1. The number of alkyl halides is 5. The first-order valence-corrected chi connectivity index (χ1v) is 20.8. The number of anilines is 4. The molecule has 0 spiro atoms. The largest absolute Gasteiger partial charge is 0.494 e. The molecule has 342 valence electrons. The minimum atomic E-state index is -4.47. The zero-order valence-corrected chi connectivity index (χ0v) is 34.5. The number of imide groups is 1. The first kappa shape index (κ1) is 44.2. The lowest BCUT2D eigenvalue weighted by atomic mass is 9.90. The molecule has 4 aliphatic rings. The number of aromatic nitrogens is 6. The van der Waals surface area contributed by atoms with E-state index in [0.29, 0.717) is 64.2 Å². The first-order valence-electron chi connectivity index (χ1n) is 20.8. The Bertz CT molecular complexity index is 2380. The van der Waals surface area contributed by atoms with Crippen molar-refractivity contribution in [2.75, 3.05) is 79.9 Å². The van der Waals surface area contributed by atoms with E-state index in [0.717, 1.165) is 28.7 Å². The van der Waals surface area contributed by atoms with Gasteiger partial charge < -0.3 is 25.2 Å². The number of carbonyl (C=O) groups is 4. The molecule has 64 heavy (non-hydrogen) atoms. The molecule has 0 bridgehead atoms. The van der Waals surface area contributed by atoms with Crippen LogP contribution in [0.2, 0.25) is 0 Å². The molecular weight excluding hydrogens is 857 g/mol. The van der Waals surface area contributed by atoms with Crippen LogP contribution in [0.15, 0.2) is 42.9 Å². The van der Waals surface area contributed by atoms with Crippen molar-refractivity contribution in [2.45, 2.75) is 63.2 Å². The lowest BCUT2D eigenvalue weighted by Crippen LogP contribution is -2.53. The van der Waals surface area contributed by atoms with Gasteiger partial charge in [0.25, 0.3) is 12.3 Å². The molecule has 1 saturated carbocycles. The number of pyridine rings is 1. The summed E-state index contributed by atoms with van der Waals surface area (Å²) >= 11 is 0. The maximum atomic E-state index is 15.5. The van der Waals surface area contributed by atoms with E-state index in [2.05, 4.69) is 41.1 Å². The van der Waals surface area contributed by atoms with Gasteiger partial charge in [0.1, 0.15) is 23.8 Å². The quantitative estimate of drug-likeness (QED) is 0.166. The van der Waals surface area contributed by atoms with Crippen LogP contribution >= 0.6 is 0 Å². The number of carbonyl (C=O) groups excluding carboxylic acids is 4. The fourth-order valence-electron chi connectivity index (χ4n) is 8.75. The van der Waals surface area contributed by atoms with Gasteiger partial charge in [0.05, 0.1) is 36.6 Å². The molecule has 3 aromatic heterocycles. The van der Waals surface area contributed by atoms with Gasteiger partial charge in [-0.15, -0.1) is 5.10 Å². The van der Waals surface area contributed by atoms with Gasteiger partial charge in [0.15, 0.2) is 17.2 Å². The number of halogens is 6. The second kappa shape index (κ2) is 18.3. The number of rotatable bonds is 12. The summed E-state index contributed by atoms with van der Waals surface area (Å²) < 4.78 is 88.7. The van der Waals surface area contributed by atoms with E-state index < -0.39 is 48.5 Å². The van der Waals surface area contributed by atoms with Gasteiger partial charge in [-0.05, 0) is 44.2 Å². The van der Waals surface area contributed by atoms with Crippen LogP contribution in [0.1, 0.15) is 67.2 Å². The number of amides is 5. The van der Waals surface area contributed by atoms with Crippen LogP contribution < -0.4 is 30.5 Å². The third-order valence-electron chi connectivity index (χ3n) is 12.0. The van der Waals surface area contributed by atoms with Crippen molar-refractivity contribution in [3.8, 4) is 11.4 Å². The highest BCUT2D eigenvalue weighted by Gasteiger charge is 2.37. The van der Waals surface area contributed by atoms with Crippen molar-refractivity contribution in [1.82, 2.24) is 44.9 Å². The van der Waals surface area contributed by atoms with Gasteiger partial charge in [0.2, 0.25) is 11.8 Å². The first-order chi connectivity index (χ1) is 30.6. The molecule has 1 aliphatic carbocycles. The van der Waals surface area contributed by atoms with Crippen molar-refractivity contribution in [3.63, 3.8) is 0 Å². The van der Waals surface area contributed by atoms with Gasteiger partial charge in [-0.1, -0.05) is 0 Å². The third-order valence-corrected chi connectivity index (χ3v) is 12.0. The minimum absolute atomic E-state index is 0.0169. The van der Waals surface area contributed by atoms with E-state index in [1.807, 2.05) is 9.80 Å². The Labute approximate surface area is 361 Å². The summed E-state index contributed by atoms with van der Waals surface area (Å²) in [6.07, 6.45) is -0.280. The Morgan fingerprint density at radius 1 is 0.953 bits per heavy atom. The molecule has 5 amide bonds. The SMILES string of the molecule is COc1cc(N2CC[C@@H](C(=O)N3CCN(C4CCC(n5cc(NC(=O)c6cnn(-c7ccnc(NCC(F)(F)F)c7)n6)c(C(F)F)n5)CC4)CC3)C2)cc(F)c1N1CCC(=O)NC1=O. The zero-order chi connectivity index (χ0) is 45.3. The number of hydrogen-bond acceptors (Lipinski definition) is 12. The molecule has 1 atom stereocenters. The lowest BCUT2D eigenvalue weighted by Gasteiger charge is -2.42. The number of methoxy groups -OCH3 is 1. The summed E-state index contributed by atoms with van der Waals surface area (Å²) in [5, 5.41) is 19.0. The molecule has 1 aromatic carbocycles. The van der Waals surface area contributed by atoms with Crippen LogP contribution in [0.3, 0.4) is 0 Å². The number of hydrogen-bond donors (Lipinski definition) is 3. The predicted molar refractivity (Wildman–Crippen MR) is 217 cm³/mol. The summed E-state index contributed by atoms with van der Waals surface area (Å²) in [7, 11) is 1.38. The number of urea groups is 1. The van der Waals surface area contributed by atoms with Gasteiger partial charge in [0, 0.05) is 88.5 Å². The van der Waals surface area contributed by atoms with E-state index in [-0.39, 0.29) is 71.2 Å². The second-order valence-electron chi connectivity index (χ2n) is 16.0. The van der Waals surface area contributed by atoms with Gasteiger partial charge in [-0.25, -0.2) is 22.9 Å². The van der Waals surface area contributed by atoms with Crippen molar-refractivity contribution in [2.24, 2.45) is 5.92 Å². The molecular formula is C40H45F6N13O5. The highest BCUT2D eigenvalue weighted by atomic mass is 19.4. The van der Waals surface area contributed by atoms with Crippen molar-refractivity contribution < 1.29 is 50.3 Å². The van der Waals surface area contributed by atoms with E-state index in [1.165, 1.54) is 42.4 Å². The van der Waals surface area contributed by atoms with Gasteiger partial charge in [-0.2, -0.15) is 28.2 Å². The summed E-state index contributed by atoms with van der Waals surface area (Å²) in [5.41, 5.74) is -0.335. The molecule has 24 heteroatoms. The van der Waals surface area contributed by atoms with E-state index >= 15 is 4.39 Å². The summed E-state index contributed by atoms with van der Waals surface area (Å²) in [6, 6.07) is 4.93. The standard InChI is InChI=1S/C40H45F6N13O5/c1-64-31-17-27(16-28(41)35(31)57-11-8-33(60)51-39(57)63)56-10-7-23(20-56)38(62)55-14-12-54(13-15-55)24-2-4-25(5-3-24)58-21-30(34(53-58)36(42)43)50-37(61)29-19-49-59(52-29)26-6-9-47-32(18-26)48-22-40(44,45)46/h6,9,16-19,21,23-25,36H,2-5,7-8,10-15,20,22H2,1H3,(H,47,48)(H,50,61)(H,51,60,63)/t23-,24?,25?/m1/s1. The molecule has 4 aromatic rings. The Morgan fingerprint density at radius 2 is 1.70 bits per heavy atom. The summed E-state index contributed by atoms with van der Waals surface area (Å²) in [6.45, 7) is 2.06. The Kier molecular flexibility index (Phi) is 12.6. The van der Waals surface area contributed by atoms with Crippen LogP contribution in [0.5, 0.6) is 5.75 Å². The molecule has 3 aliphatic heterocycles. The molecule has 18 nitrogen and oxygen atoms in total. The van der Waals surface area contributed by atoms with E-state index in [9.17, 15) is 41.1 Å². The van der Waals surface area contributed by atoms with Crippen LogP contribution in [0.4, 0.5) is 54.0 Å². The average molecular weight is 902 g/mol. The fraction of sp³-hybridized carbons (Fsp3) is 0.500. The molecule has 4 fully saturated rings. The second-order valence-corrected chi connectivity index (χ2v) is 16.0. The Morgan fingerprint density at radius 3 is 2.41 bits per heavy atom. The van der Waals surface area contributed by atoms with Crippen LogP contribution in [-0.4, -0.2) is 135 Å². The van der Waals surface area contributed by atoms with Gasteiger partial charge in [-0.3, -0.25) is 34.2 Å². The zero-order valence-electron chi connectivity index (χ0n) is 34.5. The molecule has 0 unspecified atom stereocenters. The highest BCUT2D eigenvalue weighted by molar-refractivity contribution is 6.06. The maximum Gasteiger partial charge on any atom is 0.405 e. The lowest BCUT2D eigenvalue weighted by molar-refractivity contribution is -0.137. The smallest absolute Gasteiger partial charge is 0.405 e. The third kappa shape index (κ3) is 9.70.